The SMILES string of the molecule is C1=CCC=C(C2C=CC(n3c4ccccc4c4cc(-c5ccc6c(c5)c5ccncc5n6-c5ccc(C6=CCCC=C6)cc5)ccc43)=CCC2)C=C1.CC. The molecule has 0 saturated carbocycles. The molecule has 3 aliphatic carbocycles. The average molecular weight is 700 g/mol. The van der Waals surface area contributed by atoms with Crippen molar-refractivity contribution >= 4 is 54.9 Å². The Morgan fingerprint density at radius 1 is 0.574 bits per heavy atom. The summed E-state index contributed by atoms with van der Waals surface area (Å²) in [5.41, 5.74) is 13.6. The van der Waals surface area contributed by atoms with Crippen molar-refractivity contribution in [2.24, 2.45) is 5.92 Å². The lowest BCUT2D eigenvalue weighted by atomic mass is 9.93. The van der Waals surface area contributed by atoms with E-state index in [1.807, 2.05) is 26.2 Å². The van der Waals surface area contributed by atoms with Crippen molar-refractivity contribution in [2.45, 2.75) is 46.0 Å². The van der Waals surface area contributed by atoms with Gasteiger partial charge in [0.05, 0.1) is 28.3 Å². The Labute approximate surface area is 318 Å². The number of hydrogen-bond acceptors (Lipinski definition) is 1. The lowest BCUT2D eigenvalue weighted by molar-refractivity contribution is 0.700. The highest BCUT2D eigenvalue weighted by atomic mass is 15.0. The first-order valence-electron chi connectivity index (χ1n) is 19.6. The first-order chi connectivity index (χ1) is 26.8. The Bertz CT molecular complexity index is 2750. The fraction of sp³-hybridized carbons (Fsp3) is 0.157. The van der Waals surface area contributed by atoms with Gasteiger partial charge in [0.2, 0.25) is 0 Å². The van der Waals surface area contributed by atoms with Crippen LogP contribution < -0.4 is 0 Å². The van der Waals surface area contributed by atoms with Gasteiger partial charge in [0.25, 0.3) is 0 Å². The second-order valence-electron chi connectivity index (χ2n) is 14.1. The molecule has 3 aromatic heterocycles. The molecule has 7 aromatic rings. The number of fused-ring (bicyclic) bond motifs is 6. The van der Waals surface area contributed by atoms with Crippen molar-refractivity contribution in [3.8, 4) is 16.8 Å². The zero-order chi connectivity index (χ0) is 36.4. The topological polar surface area (TPSA) is 22.8 Å². The molecule has 3 heteroatoms. The monoisotopic (exact) mass is 699 g/mol. The number of rotatable bonds is 5. The van der Waals surface area contributed by atoms with E-state index in [4.69, 9.17) is 0 Å². The van der Waals surface area contributed by atoms with Gasteiger partial charge in [-0.3, -0.25) is 4.98 Å². The smallest absolute Gasteiger partial charge is 0.0724 e. The van der Waals surface area contributed by atoms with E-state index in [1.165, 1.54) is 71.6 Å². The molecule has 0 spiro atoms. The quantitative estimate of drug-likeness (QED) is 0.175. The standard InChI is InChI=1S/C49H39N3.C2H6/c1-2-5-12-34(11-4-1)36-15-10-16-40(24-19-36)51-46-18-9-8-17-42(46)44-31-38(22-27-47(44)51)39-23-28-48-45(32-39)43-29-30-50-33-49(43)52(48)41-25-20-37(21-26-41)35-13-6-3-7-14-35;1-2/h1-2,4,6,8-9,11-14,16-33,36H,3,5,7,10,15H2;1-2H3. The maximum Gasteiger partial charge on any atom is 0.0724 e. The van der Waals surface area contributed by atoms with Crippen molar-refractivity contribution < 1.29 is 0 Å². The first-order valence-corrected chi connectivity index (χ1v) is 19.6. The molecule has 1 unspecified atom stereocenters. The molecular weight excluding hydrogens is 655 g/mol. The molecule has 0 saturated heterocycles. The summed E-state index contributed by atoms with van der Waals surface area (Å²) in [7, 11) is 0. The van der Waals surface area contributed by atoms with Crippen LogP contribution in [0.5, 0.6) is 0 Å². The highest BCUT2D eigenvalue weighted by molar-refractivity contribution is 6.13. The van der Waals surface area contributed by atoms with E-state index < -0.39 is 0 Å². The number of allylic oxidation sites excluding steroid dienone is 14. The van der Waals surface area contributed by atoms with Crippen molar-refractivity contribution in [3.63, 3.8) is 0 Å². The Morgan fingerprint density at radius 2 is 1.31 bits per heavy atom. The molecule has 0 fully saturated rings. The van der Waals surface area contributed by atoms with Gasteiger partial charge in [0.1, 0.15) is 0 Å². The second kappa shape index (κ2) is 14.7. The fourth-order valence-corrected chi connectivity index (χ4v) is 8.49. The Morgan fingerprint density at radius 3 is 2.11 bits per heavy atom. The van der Waals surface area contributed by atoms with Crippen molar-refractivity contribution in [1.82, 2.24) is 14.1 Å². The second-order valence-corrected chi connectivity index (χ2v) is 14.1. The number of para-hydroxylation sites is 1. The van der Waals surface area contributed by atoms with Gasteiger partial charge in [-0.2, -0.15) is 0 Å². The van der Waals surface area contributed by atoms with Crippen LogP contribution in [0.4, 0.5) is 0 Å². The Balaban J connectivity index is 0.00000189. The van der Waals surface area contributed by atoms with Gasteiger partial charge < -0.3 is 9.13 Å². The molecule has 0 amide bonds. The van der Waals surface area contributed by atoms with E-state index >= 15 is 0 Å². The highest BCUT2D eigenvalue weighted by Crippen LogP contribution is 2.39. The van der Waals surface area contributed by atoms with Crippen LogP contribution in [0.25, 0.3) is 71.7 Å². The molecule has 0 aliphatic heterocycles. The zero-order valence-corrected chi connectivity index (χ0v) is 31.1. The van der Waals surface area contributed by atoms with Crippen molar-refractivity contribution in [1.29, 1.82) is 0 Å². The van der Waals surface area contributed by atoms with Gasteiger partial charge in [-0.05, 0) is 115 Å². The van der Waals surface area contributed by atoms with Gasteiger partial charge in [-0.15, -0.1) is 0 Å². The van der Waals surface area contributed by atoms with Crippen molar-refractivity contribution in [3.05, 3.63) is 181 Å². The highest BCUT2D eigenvalue weighted by Gasteiger charge is 2.18. The van der Waals surface area contributed by atoms with Crippen LogP contribution in [0.3, 0.4) is 0 Å². The summed E-state index contributed by atoms with van der Waals surface area (Å²) in [6, 6.07) is 33.9. The first kappa shape index (κ1) is 33.6. The largest absolute Gasteiger partial charge is 0.310 e. The molecule has 3 nitrogen and oxygen atoms in total. The molecule has 0 radical (unpaired) electrons. The fourth-order valence-electron chi connectivity index (χ4n) is 8.49. The van der Waals surface area contributed by atoms with Crippen LogP contribution >= 0.6 is 0 Å². The number of hydrogen-bond donors (Lipinski definition) is 0. The van der Waals surface area contributed by atoms with Crippen LogP contribution in [0.1, 0.15) is 51.5 Å². The van der Waals surface area contributed by atoms with E-state index in [0.29, 0.717) is 5.92 Å². The number of nitrogens with zero attached hydrogens (tertiary/aromatic N) is 3. The molecule has 1 atom stereocenters. The molecular formula is C51H45N3. The third-order valence-electron chi connectivity index (χ3n) is 11.1. The molecule has 0 bridgehead atoms. The van der Waals surface area contributed by atoms with E-state index in [2.05, 4.69) is 172 Å². The predicted octanol–water partition coefficient (Wildman–Crippen LogP) is 14.0. The average Bonchev–Trinajstić information content (AvgIpc) is 3.43. The minimum absolute atomic E-state index is 0.428. The lowest BCUT2D eigenvalue weighted by Gasteiger charge is -2.12. The third-order valence-corrected chi connectivity index (χ3v) is 11.1. The summed E-state index contributed by atoms with van der Waals surface area (Å²) >= 11 is 0. The summed E-state index contributed by atoms with van der Waals surface area (Å²) in [4.78, 5) is 4.55. The van der Waals surface area contributed by atoms with Gasteiger partial charge in [0, 0.05) is 45.0 Å². The maximum absolute atomic E-state index is 4.55. The normalized spacial score (nSPS) is 16.9. The van der Waals surface area contributed by atoms with Crippen LogP contribution in [0.2, 0.25) is 0 Å². The molecule has 10 rings (SSSR count). The van der Waals surface area contributed by atoms with Crippen molar-refractivity contribution in [2.75, 3.05) is 0 Å². The van der Waals surface area contributed by atoms with Crippen LogP contribution in [0, 0.1) is 5.92 Å². The zero-order valence-electron chi connectivity index (χ0n) is 31.1. The molecule has 4 aromatic carbocycles. The minimum atomic E-state index is 0.428. The van der Waals surface area contributed by atoms with E-state index in [0.717, 1.165) is 43.3 Å². The third kappa shape index (κ3) is 6.00. The molecule has 264 valence electrons. The van der Waals surface area contributed by atoms with E-state index in [-0.39, 0.29) is 0 Å². The van der Waals surface area contributed by atoms with Gasteiger partial charge >= 0.3 is 0 Å². The van der Waals surface area contributed by atoms with Gasteiger partial charge in [-0.25, -0.2) is 0 Å². The maximum atomic E-state index is 4.55. The Hall–Kier alpha value is -6.19. The summed E-state index contributed by atoms with van der Waals surface area (Å²) in [6.07, 6.45) is 34.5. The Kier molecular flexibility index (Phi) is 9.14. The van der Waals surface area contributed by atoms with E-state index in [1.54, 1.807) is 0 Å². The van der Waals surface area contributed by atoms with Crippen LogP contribution in [-0.4, -0.2) is 14.1 Å². The summed E-state index contributed by atoms with van der Waals surface area (Å²) < 4.78 is 4.81. The van der Waals surface area contributed by atoms with Crippen LogP contribution in [-0.2, 0) is 0 Å². The summed E-state index contributed by atoms with van der Waals surface area (Å²) in [5, 5.41) is 5.00. The number of benzene rings is 4. The number of aromatic nitrogens is 3. The van der Waals surface area contributed by atoms with Gasteiger partial charge in [-0.1, -0.05) is 117 Å². The lowest BCUT2D eigenvalue weighted by Crippen LogP contribution is -1.98. The number of pyridine rings is 1. The molecule has 54 heavy (non-hydrogen) atoms. The molecule has 0 N–H and O–H groups in total. The predicted molar refractivity (Wildman–Crippen MR) is 232 cm³/mol. The van der Waals surface area contributed by atoms with Gasteiger partial charge in [0.15, 0.2) is 0 Å². The molecule has 3 aliphatic rings. The van der Waals surface area contributed by atoms with Crippen LogP contribution in [0.15, 0.2) is 176 Å². The summed E-state index contributed by atoms with van der Waals surface area (Å²) in [5.74, 6) is 0.428. The minimum Gasteiger partial charge on any atom is -0.310 e. The van der Waals surface area contributed by atoms with E-state index in [9.17, 15) is 0 Å². The summed E-state index contributed by atoms with van der Waals surface area (Å²) in [6.45, 7) is 4.00. The molecule has 3 heterocycles.